The minimum Gasteiger partial charge on any atom is -0.397 e. The Kier molecular flexibility index (Phi) is 2.91. The van der Waals surface area contributed by atoms with Crippen LogP contribution in [0.2, 0.25) is 0 Å². The first kappa shape index (κ1) is 11.3. The normalized spacial score (nSPS) is 10.5. The maximum atomic E-state index is 5.74. The highest BCUT2D eigenvalue weighted by molar-refractivity contribution is 5.69. The van der Waals surface area contributed by atoms with Crippen LogP contribution in [0.3, 0.4) is 0 Å². The first-order valence-corrected chi connectivity index (χ1v) is 5.44. The smallest absolute Gasteiger partial charge is 0.0568 e. The van der Waals surface area contributed by atoms with Gasteiger partial charge in [-0.3, -0.25) is 4.68 Å². The van der Waals surface area contributed by atoms with E-state index in [2.05, 4.69) is 10.4 Å². The summed E-state index contributed by atoms with van der Waals surface area (Å²) in [5, 5.41) is 7.49. The number of aryl methyl sites for hydroxylation is 1. The van der Waals surface area contributed by atoms with Gasteiger partial charge in [-0.1, -0.05) is 0 Å². The van der Waals surface area contributed by atoms with E-state index in [1.165, 1.54) is 5.56 Å². The summed E-state index contributed by atoms with van der Waals surface area (Å²) in [5.41, 5.74) is 15.9. The molecule has 5 N–H and O–H groups in total. The molecule has 1 aromatic heterocycles. The first-order valence-electron chi connectivity index (χ1n) is 5.44. The van der Waals surface area contributed by atoms with Crippen molar-refractivity contribution in [3.8, 4) is 0 Å². The molecule has 17 heavy (non-hydrogen) atoms. The molecule has 0 saturated carbocycles. The van der Waals surface area contributed by atoms with Crippen LogP contribution in [0.1, 0.15) is 11.3 Å². The quantitative estimate of drug-likeness (QED) is 0.699. The van der Waals surface area contributed by atoms with E-state index in [-0.39, 0.29) is 0 Å². The summed E-state index contributed by atoms with van der Waals surface area (Å²) in [5.74, 6) is 0. The molecule has 1 aromatic carbocycles. The summed E-state index contributed by atoms with van der Waals surface area (Å²) in [6.07, 6.45) is 1.86. The largest absolute Gasteiger partial charge is 0.397 e. The monoisotopic (exact) mass is 231 g/mol. The molecule has 0 aliphatic rings. The molecule has 2 aromatic rings. The maximum absolute atomic E-state index is 5.74. The third kappa shape index (κ3) is 2.33. The third-order valence-corrected chi connectivity index (χ3v) is 2.91. The molecule has 5 heteroatoms. The van der Waals surface area contributed by atoms with E-state index < -0.39 is 0 Å². The molecule has 0 aliphatic carbocycles. The van der Waals surface area contributed by atoms with Crippen LogP contribution in [-0.4, -0.2) is 9.78 Å². The van der Waals surface area contributed by atoms with Crippen LogP contribution in [0.15, 0.2) is 24.4 Å². The number of aromatic nitrogens is 2. The van der Waals surface area contributed by atoms with Crippen LogP contribution < -0.4 is 16.8 Å². The zero-order valence-electron chi connectivity index (χ0n) is 10.1. The summed E-state index contributed by atoms with van der Waals surface area (Å²) in [6.45, 7) is 2.77. The van der Waals surface area contributed by atoms with Crippen molar-refractivity contribution >= 4 is 17.1 Å². The van der Waals surface area contributed by atoms with Gasteiger partial charge in [0.05, 0.1) is 17.6 Å². The number of hydrogen-bond acceptors (Lipinski definition) is 4. The molecular formula is C12H17N5. The third-order valence-electron chi connectivity index (χ3n) is 2.91. The zero-order chi connectivity index (χ0) is 12.4. The summed E-state index contributed by atoms with van der Waals surface area (Å²) < 4.78 is 1.86. The molecule has 0 radical (unpaired) electrons. The molecule has 0 amide bonds. The van der Waals surface area contributed by atoms with E-state index in [0.29, 0.717) is 11.4 Å². The Morgan fingerprint density at radius 3 is 2.65 bits per heavy atom. The van der Waals surface area contributed by atoms with Crippen molar-refractivity contribution in [2.75, 3.05) is 16.8 Å². The molecule has 90 valence electrons. The lowest BCUT2D eigenvalue weighted by atomic mass is 10.2. The lowest BCUT2D eigenvalue weighted by Crippen LogP contribution is -2.02. The molecule has 0 atom stereocenters. The zero-order valence-corrected chi connectivity index (χ0v) is 10.1. The van der Waals surface area contributed by atoms with Gasteiger partial charge in [-0.05, 0) is 25.1 Å². The van der Waals surface area contributed by atoms with Gasteiger partial charge in [0, 0.05) is 30.5 Å². The number of nitrogens with zero attached hydrogens (tertiary/aromatic N) is 2. The van der Waals surface area contributed by atoms with Crippen LogP contribution in [0, 0.1) is 6.92 Å². The molecule has 0 fully saturated rings. The van der Waals surface area contributed by atoms with Crippen molar-refractivity contribution in [1.29, 1.82) is 0 Å². The van der Waals surface area contributed by atoms with Gasteiger partial charge >= 0.3 is 0 Å². The topological polar surface area (TPSA) is 81.9 Å². The molecule has 5 nitrogen and oxygen atoms in total. The number of nitrogens with two attached hydrogens (primary N) is 2. The highest BCUT2D eigenvalue weighted by Crippen LogP contribution is 2.20. The summed E-state index contributed by atoms with van der Waals surface area (Å²) in [6, 6.07) is 5.55. The highest BCUT2D eigenvalue weighted by Gasteiger charge is 2.03. The van der Waals surface area contributed by atoms with E-state index in [9.17, 15) is 0 Å². The lowest BCUT2D eigenvalue weighted by molar-refractivity contribution is 0.738. The average molecular weight is 231 g/mol. The Morgan fingerprint density at radius 1 is 1.29 bits per heavy atom. The Morgan fingerprint density at radius 2 is 2.06 bits per heavy atom. The van der Waals surface area contributed by atoms with E-state index in [1.54, 1.807) is 6.07 Å². The molecule has 0 aliphatic heterocycles. The standard InChI is InChI=1S/C12H17N5/c1-8-9(7-16-17(8)2)6-15-10-3-4-11(13)12(14)5-10/h3-5,7,15H,6,13-14H2,1-2H3. The predicted octanol–water partition coefficient (Wildman–Crippen LogP) is 1.51. The number of benzene rings is 1. The van der Waals surface area contributed by atoms with Crippen molar-refractivity contribution in [3.63, 3.8) is 0 Å². The van der Waals surface area contributed by atoms with Gasteiger partial charge in [0.2, 0.25) is 0 Å². The van der Waals surface area contributed by atoms with E-state index in [0.717, 1.165) is 17.9 Å². The van der Waals surface area contributed by atoms with Gasteiger partial charge in [-0.25, -0.2) is 0 Å². The highest BCUT2D eigenvalue weighted by atomic mass is 15.3. The van der Waals surface area contributed by atoms with Gasteiger partial charge < -0.3 is 16.8 Å². The average Bonchev–Trinajstić information content (AvgIpc) is 2.62. The minimum absolute atomic E-state index is 0.595. The first-order chi connectivity index (χ1) is 8.08. The van der Waals surface area contributed by atoms with Crippen molar-refractivity contribution < 1.29 is 0 Å². The van der Waals surface area contributed by atoms with Crippen molar-refractivity contribution in [3.05, 3.63) is 35.7 Å². The Bertz CT molecular complexity index is 530. The van der Waals surface area contributed by atoms with Crippen LogP contribution in [0.5, 0.6) is 0 Å². The predicted molar refractivity (Wildman–Crippen MR) is 70.5 cm³/mol. The van der Waals surface area contributed by atoms with Crippen LogP contribution in [0.4, 0.5) is 17.1 Å². The van der Waals surface area contributed by atoms with Crippen LogP contribution in [-0.2, 0) is 13.6 Å². The fraction of sp³-hybridized carbons (Fsp3) is 0.250. The molecule has 0 spiro atoms. The maximum Gasteiger partial charge on any atom is 0.0568 e. The second-order valence-corrected chi connectivity index (χ2v) is 4.08. The van der Waals surface area contributed by atoms with Gasteiger partial charge in [0.15, 0.2) is 0 Å². The van der Waals surface area contributed by atoms with E-state index in [4.69, 9.17) is 11.5 Å². The van der Waals surface area contributed by atoms with E-state index >= 15 is 0 Å². The molecule has 0 saturated heterocycles. The Hall–Kier alpha value is -2.17. The lowest BCUT2D eigenvalue weighted by Gasteiger charge is -2.08. The summed E-state index contributed by atoms with van der Waals surface area (Å²) >= 11 is 0. The fourth-order valence-corrected chi connectivity index (χ4v) is 1.60. The van der Waals surface area contributed by atoms with Crippen LogP contribution in [0.25, 0.3) is 0 Å². The number of nitrogen functional groups attached to an aromatic ring is 2. The van der Waals surface area contributed by atoms with Crippen molar-refractivity contribution in [1.82, 2.24) is 9.78 Å². The molecule has 0 bridgehead atoms. The van der Waals surface area contributed by atoms with Crippen molar-refractivity contribution in [2.45, 2.75) is 13.5 Å². The Balaban J connectivity index is 2.07. The number of rotatable bonds is 3. The number of nitrogens with one attached hydrogen (secondary N) is 1. The second-order valence-electron chi connectivity index (χ2n) is 4.08. The summed E-state index contributed by atoms with van der Waals surface area (Å²) in [4.78, 5) is 0. The van der Waals surface area contributed by atoms with E-state index in [1.807, 2.05) is 37.0 Å². The summed E-state index contributed by atoms with van der Waals surface area (Å²) in [7, 11) is 1.93. The van der Waals surface area contributed by atoms with Gasteiger partial charge in [-0.2, -0.15) is 5.10 Å². The number of anilines is 3. The molecule has 2 rings (SSSR count). The number of hydrogen-bond donors (Lipinski definition) is 3. The second kappa shape index (κ2) is 4.37. The van der Waals surface area contributed by atoms with Gasteiger partial charge in [-0.15, -0.1) is 0 Å². The fourth-order valence-electron chi connectivity index (χ4n) is 1.60. The minimum atomic E-state index is 0.595. The van der Waals surface area contributed by atoms with Gasteiger partial charge in [0.1, 0.15) is 0 Å². The van der Waals surface area contributed by atoms with Crippen molar-refractivity contribution in [2.24, 2.45) is 7.05 Å². The molecular weight excluding hydrogens is 214 g/mol. The molecule has 0 unspecified atom stereocenters. The SMILES string of the molecule is Cc1c(CNc2ccc(N)c(N)c2)cnn1C. The van der Waals surface area contributed by atoms with Crippen LogP contribution >= 0.6 is 0 Å². The van der Waals surface area contributed by atoms with Gasteiger partial charge in [0.25, 0.3) is 0 Å². The molecule has 1 heterocycles. The Labute approximate surface area is 100 Å².